The zero-order valence-electron chi connectivity index (χ0n) is 15.9. The molecular weight excluding hydrogens is 334 g/mol. The highest BCUT2D eigenvalue weighted by Crippen LogP contribution is 2.42. The molecule has 0 fully saturated rings. The molecule has 0 N–H and O–H groups in total. The highest BCUT2D eigenvalue weighted by atomic mass is 16.5. The molecular formula is C24H27NO2. The van der Waals surface area contributed by atoms with Crippen LogP contribution in [-0.2, 0) is 14.9 Å². The molecule has 0 aliphatic rings. The van der Waals surface area contributed by atoms with Gasteiger partial charge in [0.2, 0.25) is 6.10 Å². The zero-order chi connectivity index (χ0) is 19.5. The fourth-order valence-electron chi connectivity index (χ4n) is 3.59. The normalized spacial score (nSPS) is 12.0. The van der Waals surface area contributed by atoms with Crippen molar-refractivity contribution < 1.29 is 9.53 Å². The van der Waals surface area contributed by atoms with Gasteiger partial charge in [-0.1, -0.05) is 99.8 Å². The molecule has 2 aromatic carbocycles. The van der Waals surface area contributed by atoms with Crippen molar-refractivity contribution in [1.82, 2.24) is 0 Å². The summed E-state index contributed by atoms with van der Waals surface area (Å²) in [6.07, 6.45) is 5.20. The van der Waals surface area contributed by atoms with Gasteiger partial charge in [-0.3, -0.25) is 0 Å². The SMILES string of the molecule is C=CC(=O)OC(C#N)C(CCCCCC)(c1ccccc1)c1ccccc1. The molecule has 0 saturated heterocycles. The van der Waals surface area contributed by atoms with Gasteiger partial charge in [0, 0.05) is 6.08 Å². The number of nitriles is 1. The van der Waals surface area contributed by atoms with E-state index in [2.05, 4.69) is 19.6 Å². The van der Waals surface area contributed by atoms with Crippen molar-refractivity contribution in [3.63, 3.8) is 0 Å². The van der Waals surface area contributed by atoms with Crippen molar-refractivity contribution in [2.24, 2.45) is 0 Å². The Morgan fingerprint density at radius 3 is 2.07 bits per heavy atom. The summed E-state index contributed by atoms with van der Waals surface area (Å²) in [5.41, 5.74) is 1.25. The molecule has 3 heteroatoms. The van der Waals surface area contributed by atoms with Gasteiger partial charge in [-0.2, -0.15) is 5.26 Å². The molecule has 3 nitrogen and oxygen atoms in total. The standard InChI is InChI=1S/C24H27NO2/c1-3-5-6-13-18-24(20-14-9-7-10-15-20,21-16-11-8-12-17-21)22(19-25)27-23(26)4-2/h4,7-12,14-17,22H,2-3,5-6,13,18H2,1H3. The summed E-state index contributed by atoms with van der Waals surface area (Å²) in [7, 11) is 0. The number of hydrogen-bond donors (Lipinski definition) is 0. The average Bonchev–Trinajstić information content (AvgIpc) is 2.74. The van der Waals surface area contributed by atoms with Gasteiger partial charge in [0.25, 0.3) is 0 Å². The minimum atomic E-state index is -0.936. The summed E-state index contributed by atoms with van der Waals surface area (Å²) in [4.78, 5) is 12.0. The molecule has 0 spiro atoms. The van der Waals surface area contributed by atoms with Crippen molar-refractivity contribution in [3.05, 3.63) is 84.4 Å². The second-order valence-corrected chi connectivity index (χ2v) is 6.66. The van der Waals surface area contributed by atoms with Gasteiger partial charge >= 0.3 is 5.97 Å². The molecule has 1 atom stereocenters. The summed E-state index contributed by atoms with van der Waals surface area (Å²) in [5, 5.41) is 9.97. The van der Waals surface area contributed by atoms with E-state index in [1.807, 2.05) is 60.7 Å². The van der Waals surface area contributed by atoms with Crippen LogP contribution < -0.4 is 0 Å². The first-order valence-electron chi connectivity index (χ1n) is 9.52. The Hall–Kier alpha value is -2.86. The van der Waals surface area contributed by atoms with Gasteiger partial charge < -0.3 is 4.74 Å². The van der Waals surface area contributed by atoms with Gasteiger partial charge in [0.15, 0.2) is 0 Å². The molecule has 140 valence electrons. The van der Waals surface area contributed by atoms with E-state index in [1.165, 1.54) is 0 Å². The number of ether oxygens (including phenoxy) is 1. The zero-order valence-corrected chi connectivity index (χ0v) is 15.9. The second kappa shape index (κ2) is 10.3. The Kier molecular flexibility index (Phi) is 7.82. The van der Waals surface area contributed by atoms with Crippen molar-refractivity contribution >= 4 is 5.97 Å². The quantitative estimate of drug-likeness (QED) is 0.316. The number of rotatable bonds is 10. The number of carbonyl (C=O) groups is 1. The van der Waals surface area contributed by atoms with Crippen LogP contribution in [0.15, 0.2) is 73.3 Å². The molecule has 0 heterocycles. The van der Waals surface area contributed by atoms with Gasteiger partial charge in [-0.05, 0) is 17.5 Å². The Bertz CT molecular complexity index is 722. The highest BCUT2D eigenvalue weighted by molar-refractivity contribution is 5.81. The Labute approximate surface area is 162 Å². The predicted molar refractivity (Wildman–Crippen MR) is 108 cm³/mol. The van der Waals surface area contributed by atoms with Crippen molar-refractivity contribution in [2.45, 2.75) is 50.5 Å². The molecule has 2 aromatic rings. The number of unbranched alkanes of at least 4 members (excludes halogenated alkanes) is 3. The second-order valence-electron chi connectivity index (χ2n) is 6.66. The largest absolute Gasteiger partial charge is 0.442 e. The van der Waals surface area contributed by atoms with Crippen molar-refractivity contribution in [1.29, 1.82) is 5.26 Å². The summed E-state index contributed by atoms with van der Waals surface area (Å²) in [6.45, 7) is 5.65. The average molecular weight is 361 g/mol. The molecule has 0 amide bonds. The molecule has 0 aromatic heterocycles. The predicted octanol–water partition coefficient (Wildman–Crippen LogP) is 5.56. The lowest BCUT2D eigenvalue weighted by molar-refractivity contribution is -0.143. The maximum absolute atomic E-state index is 12.0. The van der Waals surface area contributed by atoms with Crippen molar-refractivity contribution in [2.75, 3.05) is 0 Å². The lowest BCUT2D eigenvalue weighted by Gasteiger charge is -2.38. The highest BCUT2D eigenvalue weighted by Gasteiger charge is 2.44. The Morgan fingerprint density at radius 1 is 1.07 bits per heavy atom. The third-order valence-electron chi connectivity index (χ3n) is 4.97. The topological polar surface area (TPSA) is 50.1 Å². The van der Waals surface area contributed by atoms with Crippen LogP contribution in [0.3, 0.4) is 0 Å². The molecule has 0 aliphatic heterocycles. The molecule has 2 rings (SSSR count). The number of nitrogens with zero attached hydrogens (tertiary/aromatic N) is 1. The number of hydrogen-bond acceptors (Lipinski definition) is 3. The molecule has 1 unspecified atom stereocenters. The summed E-state index contributed by atoms with van der Waals surface area (Å²) < 4.78 is 5.56. The molecule has 0 saturated carbocycles. The Balaban J connectivity index is 2.59. The van der Waals surface area contributed by atoms with E-state index >= 15 is 0 Å². The van der Waals surface area contributed by atoms with E-state index in [0.717, 1.165) is 49.3 Å². The third kappa shape index (κ3) is 4.86. The van der Waals surface area contributed by atoms with Gasteiger partial charge in [0.05, 0.1) is 5.41 Å². The maximum atomic E-state index is 12.0. The van der Waals surface area contributed by atoms with Crippen LogP contribution in [-0.4, -0.2) is 12.1 Å². The number of benzene rings is 2. The minimum Gasteiger partial charge on any atom is -0.442 e. The van der Waals surface area contributed by atoms with E-state index in [4.69, 9.17) is 4.74 Å². The van der Waals surface area contributed by atoms with Crippen LogP contribution in [0.5, 0.6) is 0 Å². The van der Waals surface area contributed by atoms with Gasteiger partial charge in [-0.25, -0.2) is 4.79 Å². The third-order valence-corrected chi connectivity index (χ3v) is 4.97. The molecule has 0 aliphatic carbocycles. The first-order valence-corrected chi connectivity index (χ1v) is 9.52. The summed E-state index contributed by atoms with van der Waals surface area (Å²) in [5.74, 6) is -0.577. The van der Waals surface area contributed by atoms with Gasteiger partial charge in [-0.15, -0.1) is 0 Å². The van der Waals surface area contributed by atoms with E-state index < -0.39 is 17.5 Å². The number of esters is 1. The van der Waals surface area contributed by atoms with Crippen LogP contribution in [0, 0.1) is 11.3 Å². The van der Waals surface area contributed by atoms with E-state index in [1.54, 1.807) is 0 Å². The maximum Gasteiger partial charge on any atom is 0.331 e. The smallest absolute Gasteiger partial charge is 0.331 e. The van der Waals surface area contributed by atoms with Gasteiger partial charge in [0.1, 0.15) is 6.07 Å². The summed E-state index contributed by atoms with van der Waals surface area (Å²) in [6, 6.07) is 22.1. The molecule has 27 heavy (non-hydrogen) atoms. The first-order chi connectivity index (χ1) is 13.2. The molecule has 0 bridgehead atoms. The van der Waals surface area contributed by atoms with Crippen LogP contribution in [0.4, 0.5) is 0 Å². The van der Waals surface area contributed by atoms with E-state index in [0.29, 0.717) is 0 Å². The summed E-state index contributed by atoms with van der Waals surface area (Å²) >= 11 is 0. The van der Waals surface area contributed by atoms with Crippen LogP contribution >= 0.6 is 0 Å². The van der Waals surface area contributed by atoms with E-state index in [-0.39, 0.29) is 0 Å². The van der Waals surface area contributed by atoms with Crippen LogP contribution in [0.2, 0.25) is 0 Å². The fraction of sp³-hybridized carbons (Fsp3) is 0.333. The monoisotopic (exact) mass is 361 g/mol. The lowest BCUT2D eigenvalue weighted by Crippen LogP contribution is -2.42. The molecule has 0 radical (unpaired) electrons. The lowest BCUT2D eigenvalue weighted by atomic mass is 9.67. The van der Waals surface area contributed by atoms with Crippen LogP contribution in [0.1, 0.15) is 50.2 Å². The van der Waals surface area contributed by atoms with E-state index in [9.17, 15) is 10.1 Å². The number of carbonyl (C=O) groups excluding carboxylic acids is 1. The minimum absolute atomic E-state index is 0.577. The Morgan fingerprint density at radius 2 is 1.63 bits per heavy atom. The first kappa shape index (κ1) is 20.5. The van der Waals surface area contributed by atoms with Crippen LogP contribution in [0.25, 0.3) is 0 Å². The van der Waals surface area contributed by atoms with Crippen molar-refractivity contribution in [3.8, 4) is 6.07 Å². The fourth-order valence-corrected chi connectivity index (χ4v) is 3.59.